The fraction of sp³-hybridized carbons (Fsp3) is 0.923. The molecule has 0 aromatic heterocycles. The Balaban J connectivity index is 1.75. The molecule has 0 bridgehead atoms. The van der Waals surface area contributed by atoms with Gasteiger partial charge in [-0.15, -0.1) is 0 Å². The average Bonchev–Trinajstić information content (AvgIpc) is 2.67. The normalized spacial score (nSPS) is 23.6. The molecule has 2 fully saturated rings. The van der Waals surface area contributed by atoms with Gasteiger partial charge in [0.15, 0.2) is 0 Å². The Morgan fingerprint density at radius 2 is 1.80 bits per heavy atom. The highest BCUT2D eigenvalue weighted by Crippen LogP contribution is 2.33. The zero-order chi connectivity index (χ0) is 14.6. The van der Waals surface area contributed by atoms with Crippen molar-refractivity contribution in [3.8, 4) is 0 Å². The SMILES string of the molecule is O=C(CN1CCC(C(F)(F)F)CC1)N1CCCNCC1. The number of carbonyl (C=O) groups excluding carboxylic acids is 1. The van der Waals surface area contributed by atoms with Gasteiger partial charge >= 0.3 is 6.18 Å². The third kappa shape index (κ3) is 4.34. The van der Waals surface area contributed by atoms with E-state index in [0.29, 0.717) is 19.6 Å². The fourth-order valence-electron chi connectivity index (χ4n) is 2.80. The van der Waals surface area contributed by atoms with E-state index in [2.05, 4.69) is 5.32 Å². The van der Waals surface area contributed by atoms with Gasteiger partial charge in [0, 0.05) is 19.6 Å². The second kappa shape index (κ2) is 6.76. The molecule has 0 atom stereocenters. The lowest BCUT2D eigenvalue weighted by Gasteiger charge is -2.33. The summed E-state index contributed by atoms with van der Waals surface area (Å²) >= 11 is 0. The first-order chi connectivity index (χ1) is 9.47. The van der Waals surface area contributed by atoms with Crippen molar-refractivity contribution in [2.75, 3.05) is 45.8 Å². The van der Waals surface area contributed by atoms with E-state index < -0.39 is 12.1 Å². The van der Waals surface area contributed by atoms with Crippen LogP contribution < -0.4 is 5.32 Å². The molecular formula is C13H22F3N3O. The molecule has 116 valence electrons. The van der Waals surface area contributed by atoms with E-state index in [1.807, 2.05) is 9.80 Å². The van der Waals surface area contributed by atoms with Crippen LogP contribution in [0.15, 0.2) is 0 Å². The molecule has 7 heteroatoms. The Labute approximate surface area is 117 Å². The number of hydrogen-bond donors (Lipinski definition) is 1. The van der Waals surface area contributed by atoms with Gasteiger partial charge in [0.1, 0.15) is 0 Å². The van der Waals surface area contributed by atoms with Crippen molar-refractivity contribution in [3.63, 3.8) is 0 Å². The number of nitrogens with one attached hydrogen (secondary N) is 1. The topological polar surface area (TPSA) is 35.6 Å². The zero-order valence-electron chi connectivity index (χ0n) is 11.6. The molecule has 20 heavy (non-hydrogen) atoms. The average molecular weight is 293 g/mol. The highest BCUT2D eigenvalue weighted by Gasteiger charge is 2.41. The van der Waals surface area contributed by atoms with Crippen molar-refractivity contribution >= 4 is 5.91 Å². The van der Waals surface area contributed by atoms with Crippen LogP contribution in [0.5, 0.6) is 0 Å². The Hall–Kier alpha value is -0.820. The molecule has 4 nitrogen and oxygen atoms in total. The van der Waals surface area contributed by atoms with Crippen LogP contribution >= 0.6 is 0 Å². The van der Waals surface area contributed by atoms with E-state index >= 15 is 0 Å². The van der Waals surface area contributed by atoms with Crippen molar-refractivity contribution in [3.05, 3.63) is 0 Å². The minimum absolute atomic E-state index is 0.0409. The summed E-state index contributed by atoms with van der Waals surface area (Å²) in [6.07, 6.45) is -2.94. The molecule has 0 unspecified atom stereocenters. The molecule has 0 radical (unpaired) electrons. The number of carbonyl (C=O) groups is 1. The molecule has 0 aliphatic carbocycles. The van der Waals surface area contributed by atoms with E-state index in [4.69, 9.17) is 0 Å². The standard InChI is InChI=1S/C13H22F3N3O/c14-13(15,16)11-2-7-18(8-3-11)10-12(20)19-6-1-4-17-5-9-19/h11,17H,1-10H2. The number of halogens is 3. The van der Waals surface area contributed by atoms with E-state index in [0.717, 1.165) is 26.1 Å². The zero-order valence-corrected chi connectivity index (χ0v) is 11.6. The van der Waals surface area contributed by atoms with Gasteiger partial charge in [0.2, 0.25) is 5.91 Å². The van der Waals surface area contributed by atoms with E-state index in [9.17, 15) is 18.0 Å². The Bertz CT molecular complexity index is 319. The third-order valence-electron chi connectivity index (χ3n) is 4.10. The maximum absolute atomic E-state index is 12.6. The second-order valence-electron chi connectivity index (χ2n) is 5.58. The molecule has 2 heterocycles. The number of hydrogen-bond acceptors (Lipinski definition) is 3. The molecule has 2 rings (SSSR count). The van der Waals surface area contributed by atoms with Crippen molar-refractivity contribution < 1.29 is 18.0 Å². The van der Waals surface area contributed by atoms with Crippen LogP contribution in [0.25, 0.3) is 0 Å². The van der Waals surface area contributed by atoms with Crippen LogP contribution in [-0.4, -0.2) is 67.7 Å². The molecule has 1 amide bonds. The van der Waals surface area contributed by atoms with Crippen LogP contribution in [0, 0.1) is 5.92 Å². The summed E-state index contributed by atoms with van der Waals surface area (Å²) < 4.78 is 37.7. The monoisotopic (exact) mass is 293 g/mol. The minimum atomic E-state index is -4.09. The van der Waals surface area contributed by atoms with E-state index in [1.54, 1.807) is 0 Å². The van der Waals surface area contributed by atoms with Gasteiger partial charge in [-0.05, 0) is 38.9 Å². The second-order valence-corrected chi connectivity index (χ2v) is 5.58. The Morgan fingerprint density at radius 1 is 1.10 bits per heavy atom. The van der Waals surface area contributed by atoms with Crippen LogP contribution in [-0.2, 0) is 4.79 Å². The largest absolute Gasteiger partial charge is 0.391 e. The first-order valence-corrected chi connectivity index (χ1v) is 7.24. The smallest absolute Gasteiger partial charge is 0.340 e. The number of nitrogens with zero attached hydrogens (tertiary/aromatic N) is 2. The predicted octanol–water partition coefficient (Wildman–Crippen LogP) is 1.08. The lowest BCUT2D eigenvalue weighted by Crippen LogP contribution is -2.46. The van der Waals surface area contributed by atoms with Gasteiger partial charge in [-0.25, -0.2) is 0 Å². The summed E-state index contributed by atoms with van der Waals surface area (Å²) in [7, 11) is 0. The number of amides is 1. The fourth-order valence-corrected chi connectivity index (χ4v) is 2.80. The summed E-state index contributed by atoms with van der Waals surface area (Å²) in [6.45, 7) is 4.12. The highest BCUT2D eigenvalue weighted by molar-refractivity contribution is 5.78. The maximum Gasteiger partial charge on any atom is 0.391 e. The van der Waals surface area contributed by atoms with E-state index in [1.165, 1.54) is 0 Å². The van der Waals surface area contributed by atoms with Crippen LogP contribution in [0.3, 0.4) is 0 Å². The van der Waals surface area contributed by atoms with Crippen LogP contribution in [0.2, 0.25) is 0 Å². The summed E-state index contributed by atoms with van der Waals surface area (Å²) in [5, 5.41) is 3.23. The van der Waals surface area contributed by atoms with Gasteiger partial charge in [-0.2, -0.15) is 13.2 Å². The molecule has 2 aliphatic rings. The maximum atomic E-state index is 12.6. The lowest BCUT2D eigenvalue weighted by atomic mass is 9.96. The lowest BCUT2D eigenvalue weighted by molar-refractivity contribution is -0.185. The molecule has 0 saturated carbocycles. The van der Waals surface area contributed by atoms with Crippen molar-refractivity contribution in [2.24, 2.45) is 5.92 Å². The summed E-state index contributed by atoms with van der Waals surface area (Å²) in [4.78, 5) is 15.8. The molecule has 0 aromatic rings. The third-order valence-corrected chi connectivity index (χ3v) is 4.10. The number of rotatable bonds is 2. The van der Waals surface area contributed by atoms with Gasteiger partial charge in [0.05, 0.1) is 12.5 Å². The molecular weight excluding hydrogens is 271 g/mol. The molecule has 1 N–H and O–H groups in total. The molecule has 0 aromatic carbocycles. The summed E-state index contributed by atoms with van der Waals surface area (Å²) in [5.74, 6) is -1.16. The van der Waals surface area contributed by atoms with Crippen molar-refractivity contribution in [2.45, 2.75) is 25.4 Å². The molecule has 0 spiro atoms. The molecule has 2 saturated heterocycles. The van der Waals surface area contributed by atoms with Gasteiger partial charge in [-0.1, -0.05) is 0 Å². The van der Waals surface area contributed by atoms with Crippen LogP contribution in [0.4, 0.5) is 13.2 Å². The van der Waals surface area contributed by atoms with Gasteiger partial charge in [0.25, 0.3) is 0 Å². The minimum Gasteiger partial charge on any atom is -0.340 e. The summed E-state index contributed by atoms with van der Waals surface area (Å²) in [5.41, 5.74) is 0. The number of alkyl halides is 3. The van der Waals surface area contributed by atoms with Gasteiger partial charge in [-0.3, -0.25) is 9.69 Å². The van der Waals surface area contributed by atoms with Crippen LogP contribution in [0.1, 0.15) is 19.3 Å². The van der Waals surface area contributed by atoms with Crippen molar-refractivity contribution in [1.82, 2.24) is 15.1 Å². The first-order valence-electron chi connectivity index (χ1n) is 7.24. The number of likely N-dealkylation sites (tertiary alicyclic amines) is 1. The van der Waals surface area contributed by atoms with E-state index in [-0.39, 0.29) is 25.3 Å². The highest BCUT2D eigenvalue weighted by atomic mass is 19.4. The first kappa shape index (κ1) is 15.6. The predicted molar refractivity (Wildman–Crippen MR) is 69.3 cm³/mol. The number of piperidine rings is 1. The quantitative estimate of drug-likeness (QED) is 0.827. The summed E-state index contributed by atoms with van der Waals surface area (Å²) in [6, 6.07) is 0. The molecule has 2 aliphatic heterocycles. The van der Waals surface area contributed by atoms with Gasteiger partial charge < -0.3 is 10.2 Å². The Kier molecular flexibility index (Phi) is 5.26. The van der Waals surface area contributed by atoms with Crippen molar-refractivity contribution in [1.29, 1.82) is 0 Å². The Morgan fingerprint density at radius 3 is 2.45 bits per heavy atom.